The summed E-state index contributed by atoms with van der Waals surface area (Å²) in [5, 5.41) is 11.8. The van der Waals surface area contributed by atoms with Gasteiger partial charge in [-0.3, -0.25) is 0 Å². The molecular formula is C13H11FN2O. The topological polar surface area (TPSA) is 49.0 Å². The molecule has 0 atom stereocenters. The molecule has 86 valence electrons. The van der Waals surface area contributed by atoms with Crippen molar-refractivity contribution in [2.75, 3.05) is 7.05 Å². The third-order valence-electron chi connectivity index (χ3n) is 2.42. The molecule has 1 aromatic heterocycles. The average Bonchev–Trinajstić information content (AvgIpc) is 2.77. The molecule has 0 radical (unpaired) electrons. The Labute approximate surface area is 98.5 Å². The van der Waals surface area contributed by atoms with Crippen molar-refractivity contribution in [3.63, 3.8) is 0 Å². The molecule has 1 N–H and O–H groups in total. The van der Waals surface area contributed by atoms with E-state index < -0.39 is 5.82 Å². The maximum atomic E-state index is 13.3. The molecule has 2 aromatic rings. The minimum Gasteiger partial charge on any atom is -0.467 e. The first-order valence-corrected chi connectivity index (χ1v) is 5.16. The lowest BCUT2D eigenvalue weighted by Crippen LogP contribution is -2.04. The number of nitrogens with zero attached hydrogens (tertiary/aromatic N) is 1. The van der Waals surface area contributed by atoms with Crippen LogP contribution in [0, 0.1) is 17.1 Å². The number of nitrogens with one attached hydrogen (secondary N) is 1. The number of hydrogen-bond donors (Lipinski definition) is 1. The van der Waals surface area contributed by atoms with Gasteiger partial charge in [0, 0.05) is 5.56 Å². The van der Waals surface area contributed by atoms with Gasteiger partial charge in [0.15, 0.2) is 0 Å². The van der Waals surface area contributed by atoms with Crippen LogP contribution in [0.2, 0.25) is 0 Å². The fraction of sp³-hybridized carbons (Fsp3) is 0.154. The highest BCUT2D eigenvalue weighted by atomic mass is 19.1. The molecule has 0 fully saturated rings. The second kappa shape index (κ2) is 4.81. The second-order valence-corrected chi connectivity index (χ2v) is 3.63. The van der Waals surface area contributed by atoms with E-state index in [0.717, 1.165) is 11.3 Å². The molecule has 4 heteroatoms. The fourth-order valence-corrected chi connectivity index (χ4v) is 1.70. The Hall–Kier alpha value is -2.12. The van der Waals surface area contributed by atoms with Crippen LogP contribution >= 0.6 is 0 Å². The highest BCUT2D eigenvalue weighted by Crippen LogP contribution is 2.26. The quantitative estimate of drug-likeness (QED) is 0.881. The molecule has 0 saturated heterocycles. The van der Waals surface area contributed by atoms with Gasteiger partial charge in [0.1, 0.15) is 11.6 Å². The van der Waals surface area contributed by atoms with Crippen molar-refractivity contribution >= 4 is 0 Å². The molecule has 17 heavy (non-hydrogen) atoms. The van der Waals surface area contributed by atoms with Crippen LogP contribution in [0.4, 0.5) is 4.39 Å². The molecule has 0 amide bonds. The van der Waals surface area contributed by atoms with Crippen LogP contribution in [0.15, 0.2) is 34.9 Å². The van der Waals surface area contributed by atoms with Gasteiger partial charge in [-0.2, -0.15) is 5.26 Å². The first-order chi connectivity index (χ1) is 8.24. The predicted octanol–water partition coefficient (Wildman–Crippen LogP) is 2.68. The van der Waals surface area contributed by atoms with Gasteiger partial charge in [0.05, 0.1) is 24.4 Å². The Kier molecular flexibility index (Phi) is 3.22. The highest BCUT2D eigenvalue weighted by Gasteiger charge is 2.10. The summed E-state index contributed by atoms with van der Waals surface area (Å²) < 4.78 is 18.6. The normalized spacial score (nSPS) is 10.2. The standard InChI is InChI=1S/C13H11FN2O/c1-16-8-13-12(2-3-17-13)10-4-9(7-15)5-11(14)6-10/h2-6,16H,8H2,1H3. The first-order valence-electron chi connectivity index (χ1n) is 5.16. The summed E-state index contributed by atoms with van der Waals surface area (Å²) in [7, 11) is 1.80. The van der Waals surface area contributed by atoms with Gasteiger partial charge in [-0.1, -0.05) is 0 Å². The van der Waals surface area contributed by atoms with Gasteiger partial charge in [0.25, 0.3) is 0 Å². The van der Waals surface area contributed by atoms with E-state index in [2.05, 4.69) is 5.32 Å². The van der Waals surface area contributed by atoms with Crippen molar-refractivity contribution in [1.29, 1.82) is 5.26 Å². The largest absolute Gasteiger partial charge is 0.467 e. The molecule has 0 unspecified atom stereocenters. The highest BCUT2D eigenvalue weighted by molar-refractivity contribution is 5.67. The molecule has 0 aliphatic carbocycles. The van der Waals surface area contributed by atoms with Crippen LogP contribution in [0.3, 0.4) is 0 Å². The third-order valence-corrected chi connectivity index (χ3v) is 2.42. The molecule has 1 aromatic carbocycles. The molecule has 0 aliphatic rings. The summed E-state index contributed by atoms with van der Waals surface area (Å²) in [6, 6.07) is 7.95. The summed E-state index contributed by atoms with van der Waals surface area (Å²) >= 11 is 0. The summed E-state index contributed by atoms with van der Waals surface area (Å²) in [6.07, 6.45) is 1.55. The van der Waals surface area contributed by atoms with Gasteiger partial charge in [-0.05, 0) is 36.9 Å². The van der Waals surface area contributed by atoms with Crippen LogP contribution < -0.4 is 5.32 Å². The summed E-state index contributed by atoms with van der Waals surface area (Å²) in [5.41, 5.74) is 1.76. The summed E-state index contributed by atoms with van der Waals surface area (Å²) in [4.78, 5) is 0. The number of benzene rings is 1. The lowest BCUT2D eigenvalue weighted by molar-refractivity contribution is 0.496. The SMILES string of the molecule is CNCc1occc1-c1cc(F)cc(C#N)c1. The van der Waals surface area contributed by atoms with Gasteiger partial charge < -0.3 is 9.73 Å². The monoisotopic (exact) mass is 230 g/mol. The predicted molar refractivity (Wildman–Crippen MR) is 61.6 cm³/mol. The van der Waals surface area contributed by atoms with E-state index in [1.165, 1.54) is 12.1 Å². The van der Waals surface area contributed by atoms with Gasteiger partial charge in [0.2, 0.25) is 0 Å². The minimum absolute atomic E-state index is 0.302. The van der Waals surface area contributed by atoms with Gasteiger partial charge in [-0.15, -0.1) is 0 Å². The zero-order chi connectivity index (χ0) is 12.3. The molecule has 0 saturated carbocycles. The van der Waals surface area contributed by atoms with Crippen LogP contribution in [-0.4, -0.2) is 7.05 Å². The number of furan rings is 1. The van der Waals surface area contributed by atoms with Crippen LogP contribution in [0.1, 0.15) is 11.3 Å². The molecule has 3 nitrogen and oxygen atoms in total. The van der Waals surface area contributed by atoms with Crippen LogP contribution in [0.5, 0.6) is 0 Å². The molecular weight excluding hydrogens is 219 g/mol. The summed E-state index contributed by atoms with van der Waals surface area (Å²) in [5.74, 6) is 0.303. The maximum absolute atomic E-state index is 13.3. The molecule has 0 aliphatic heterocycles. The van der Waals surface area contributed by atoms with Gasteiger partial charge >= 0.3 is 0 Å². The Balaban J connectivity index is 2.49. The lowest BCUT2D eigenvalue weighted by Gasteiger charge is -2.03. The summed E-state index contributed by atoms with van der Waals surface area (Å²) in [6.45, 7) is 0.556. The van der Waals surface area contributed by atoms with Crippen molar-refractivity contribution < 1.29 is 8.81 Å². The molecule has 0 spiro atoms. The van der Waals surface area contributed by atoms with E-state index in [-0.39, 0.29) is 0 Å². The van der Waals surface area contributed by atoms with Crippen molar-refractivity contribution in [2.45, 2.75) is 6.54 Å². The molecule has 0 bridgehead atoms. The number of rotatable bonds is 3. The van der Waals surface area contributed by atoms with Gasteiger partial charge in [-0.25, -0.2) is 4.39 Å². The smallest absolute Gasteiger partial charge is 0.125 e. The van der Waals surface area contributed by atoms with E-state index in [9.17, 15) is 4.39 Å². The van der Waals surface area contributed by atoms with Crippen molar-refractivity contribution in [1.82, 2.24) is 5.32 Å². The Morgan fingerprint density at radius 3 is 2.94 bits per heavy atom. The van der Waals surface area contributed by atoms with Crippen molar-refractivity contribution in [3.8, 4) is 17.2 Å². The number of hydrogen-bond acceptors (Lipinski definition) is 3. The zero-order valence-corrected chi connectivity index (χ0v) is 9.33. The lowest BCUT2D eigenvalue weighted by atomic mass is 10.0. The van der Waals surface area contributed by atoms with E-state index in [4.69, 9.17) is 9.68 Å². The fourth-order valence-electron chi connectivity index (χ4n) is 1.70. The Morgan fingerprint density at radius 2 is 2.24 bits per heavy atom. The minimum atomic E-state index is -0.421. The zero-order valence-electron chi connectivity index (χ0n) is 9.33. The first kappa shape index (κ1) is 11.4. The number of halogens is 1. The molecule has 1 heterocycles. The average molecular weight is 230 g/mol. The second-order valence-electron chi connectivity index (χ2n) is 3.63. The van der Waals surface area contributed by atoms with Crippen molar-refractivity contribution in [3.05, 3.63) is 47.7 Å². The van der Waals surface area contributed by atoms with E-state index in [0.29, 0.717) is 17.7 Å². The van der Waals surface area contributed by atoms with E-state index in [1.54, 1.807) is 25.4 Å². The Morgan fingerprint density at radius 1 is 1.41 bits per heavy atom. The molecule has 2 rings (SSSR count). The maximum Gasteiger partial charge on any atom is 0.125 e. The Bertz CT molecular complexity index is 569. The third kappa shape index (κ3) is 2.35. The van der Waals surface area contributed by atoms with E-state index in [1.807, 2.05) is 6.07 Å². The van der Waals surface area contributed by atoms with Crippen LogP contribution in [0.25, 0.3) is 11.1 Å². The van der Waals surface area contributed by atoms with Crippen molar-refractivity contribution in [2.24, 2.45) is 0 Å². The number of nitriles is 1. The van der Waals surface area contributed by atoms with Crippen LogP contribution in [-0.2, 0) is 6.54 Å². The van der Waals surface area contributed by atoms with E-state index >= 15 is 0 Å².